The van der Waals surface area contributed by atoms with Crippen LogP contribution in [0.25, 0.3) is 0 Å². The Kier molecular flexibility index (Phi) is 3.69. The Balaban J connectivity index is 1.85. The average molecular weight is 239 g/mol. The Labute approximate surface area is 102 Å². The van der Waals surface area contributed by atoms with E-state index in [-0.39, 0.29) is 11.8 Å². The van der Waals surface area contributed by atoms with Crippen molar-refractivity contribution in [1.82, 2.24) is 5.32 Å². The molecule has 17 heavy (non-hydrogen) atoms. The van der Waals surface area contributed by atoms with Gasteiger partial charge in [-0.05, 0) is 37.5 Å². The maximum absolute atomic E-state index is 12.0. The molecule has 3 unspecified atom stereocenters. The molecule has 0 spiro atoms. The minimum Gasteiger partial charge on any atom is -0.481 e. The zero-order chi connectivity index (χ0) is 12.4. The van der Waals surface area contributed by atoms with E-state index in [0.717, 1.165) is 6.54 Å². The van der Waals surface area contributed by atoms with E-state index in [1.807, 2.05) is 6.92 Å². The summed E-state index contributed by atoms with van der Waals surface area (Å²) in [6, 6.07) is 0. The van der Waals surface area contributed by atoms with Gasteiger partial charge in [-0.3, -0.25) is 9.59 Å². The molecule has 2 aliphatic carbocycles. The Morgan fingerprint density at radius 1 is 1.24 bits per heavy atom. The van der Waals surface area contributed by atoms with Crippen LogP contribution in [0.2, 0.25) is 0 Å². The fraction of sp³-hybridized carbons (Fsp3) is 0.846. The second-order valence-electron chi connectivity index (χ2n) is 5.67. The number of amides is 1. The van der Waals surface area contributed by atoms with Gasteiger partial charge in [0.1, 0.15) is 0 Å². The van der Waals surface area contributed by atoms with Crippen LogP contribution in [0.4, 0.5) is 0 Å². The first-order chi connectivity index (χ1) is 8.08. The Bertz CT molecular complexity index is 312. The van der Waals surface area contributed by atoms with Crippen molar-refractivity contribution < 1.29 is 14.7 Å². The fourth-order valence-corrected chi connectivity index (χ4v) is 2.93. The SMILES string of the molecule is CC1CC(C(=O)O)C(C(=O)NCC2CCC2)C1. The highest BCUT2D eigenvalue weighted by molar-refractivity contribution is 5.85. The largest absolute Gasteiger partial charge is 0.481 e. The van der Waals surface area contributed by atoms with Crippen molar-refractivity contribution in [2.24, 2.45) is 23.7 Å². The van der Waals surface area contributed by atoms with Crippen LogP contribution in [-0.2, 0) is 9.59 Å². The minimum absolute atomic E-state index is 0.0475. The number of hydrogen-bond acceptors (Lipinski definition) is 2. The maximum atomic E-state index is 12.0. The number of nitrogens with one attached hydrogen (secondary N) is 1. The molecule has 0 aromatic rings. The summed E-state index contributed by atoms with van der Waals surface area (Å²) in [5, 5.41) is 12.0. The van der Waals surface area contributed by atoms with Gasteiger partial charge in [0.05, 0.1) is 11.8 Å². The molecule has 2 N–H and O–H groups in total. The second-order valence-corrected chi connectivity index (χ2v) is 5.67. The number of aliphatic carboxylic acids is 1. The third-order valence-corrected chi connectivity index (χ3v) is 4.24. The maximum Gasteiger partial charge on any atom is 0.307 e. The van der Waals surface area contributed by atoms with Gasteiger partial charge in [-0.15, -0.1) is 0 Å². The molecule has 0 bridgehead atoms. The molecule has 0 aromatic carbocycles. The molecule has 4 nitrogen and oxygen atoms in total. The van der Waals surface area contributed by atoms with E-state index in [4.69, 9.17) is 5.11 Å². The van der Waals surface area contributed by atoms with Gasteiger partial charge in [-0.2, -0.15) is 0 Å². The van der Waals surface area contributed by atoms with Crippen LogP contribution in [0.15, 0.2) is 0 Å². The molecule has 0 heterocycles. The van der Waals surface area contributed by atoms with E-state index in [9.17, 15) is 9.59 Å². The van der Waals surface area contributed by atoms with Crippen molar-refractivity contribution in [2.75, 3.05) is 6.54 Å². The van der Waals surface area contributed by atoms with Crippen molar-refractivity contribution in [1.29, 1.82) is 0 Å². The molecule has 1 amide bonds. The lowest BCUT2D eigenvalue weighted by atomic mass is 9.85. The summed E-state index contributed by atoms with van der Waals surface area (Å²) in [7, 11) is 0. The molecule has 0 aliphatic heterocycles. The summed E-state index contributed by atoms with van der Waals surface area (Å²) < 4.78 is 0. The van der Waals surface area contributed by atoms with Gasteiger partial charge in [-0.25, -0.2) is 0 Å². The standard InChI is InChI=1S/C13H21NO3/c1-8-5-10(11(6-8)13(16)17)12(15)14-7-9-3-2-4-9/h8-11H,2-7H2,1H3,(H,14,15)(H,16,17). The highest BCUT2D eigenvalue weighted by Gasteiger charge is 2.41. The summed E-state index contributed by atoms with van der Waals surface area (Å²) in [6.45, 7) is 2.76. The molecule has 0 saturated heterocycles. The number of carboxylic acids is 1. The van der Waals surface area contributed by atoms with Gasteiger partial charge < -0.3 is 10.4 Å². The first-order valence-corrected chi connectivity index (χ1v) is 6.58. The van der Waals surface area contributed by atoms with E-state index in [2.05, 4.69) is 5.32 Å². The van der Waals surface area contributed by atoms with Gasteiger partial charge in [-0.1, -0.05) is 13.3 Å². The number of carbonyl (C=O) groups excluding carboxylic acids is 1. The van der Waals surface area contributed by atoms with Crippen LogP contribution in [0.5, 0.6) is 0 Å². The normalized spacial score (nSPS) is 33.1. The minimum atomic E-state index is -0.821. The van der Waals surface area contributed by atoms with Crippen molar-refractivity contribution in [3.8, 4) is 0 Å². The summed E-state index contributed by atoms with van der Waals surface area (Å²) in [4.78, 5) is 23.1. The Hall–Kier alpha value is -1.06. The first-order valence-electron chi connectivity index (χ1n) is 6.58. The fourth-order valence-electron chi connectivity index (χ4n) is 2.93. The number of rotatable bonds is 4. The topological polar surface area (TPSA) is 66.4 Å². The highest BCUT2D eigenvalue weighted by atomic mass is 16.4. The van der Waals surface area contributed by atoms with Crippen LogP contribution in [0, 0.1) is 23.7 Å². The predicted molar refractivity (Wildman–Crippen MR) is 63.4 cm³/mol. The van der Waals surface area contributed by atoms with Crippen molar-refractivity contribution in [3.63, 3.8) is 0 Å². The number of carbonyl (C=O) groups is 2. The third-order valence-electron chi connectivity index (χ3n) is 4.24. The molecule has 3 atom stereocenters. The summed E-state index contributed by atoms with van der Waals surface area (Å²) in [5.41, 5.74) is 0. The zero-order valence-corrected chi connectivity index (χ0v) is 10.3. The van der Waals surface area contributed by atoms with Gasteiger partial charge in [0.2, 0.25) is 5.91 Å². The van der Waals surface area contributed by atoms with Gasteiger partial charge in [0.15, 0.2) is 0 Å². The van der Waals surface area contributed by atoms with Crippen LogP contribution >= 0.6 is 0 Å². The van der Waals surface area contributed by atoms with E-state index < -0.39 is 11.9 Å². The van der Waals surface area contributed by atoms with E-state index in [0.29, 0.717) is 24.7 Å². The average Bonchev–Trinajstić information content (AvgIpc) is 2.58. The monoisotopic (exact) mass is 239 g/mol. The van der Waals surface area contributed by atoms with Gasteiger partial charge in [0, 0.05) is 6.54 Å². The molecule has 2 aliphatic rings. The van der Waals surface area contributed by atoms with Crippen LogP contribution in [0.3, 0.4) is 0 Å². The molecule has 2 fully saturated rings. The zero-order valence-electron chi connectivity index (χ0n) is 10.3. The lowest BCUT2D eigenvalue weighted by Crippen LogP contribution is -2.39. The molecular formula is C13H21NO3. The highest BCUT2D eigenvalue weighted by Crippen LogP contribution is 2.36. The van der Waals surface area contributed by atoms with E-state index in [1.54, 1.807) is 0 Å². The quantitative estimate of drug-likeness (QED) is 0.784. The molecule has 4 heteroatoms. The molecule has 2 saturated carbocycles. The number of carboxylic acid groups (broad SMARTS) is 1. The summed E-state index contributed by atoms with van der Waals surface area (Å²) in [5.74, 6) is -0.697. The Morgan fingerprint density at radius 2 is 1.88 bits per heavy atom. The van der Waals surface area contributed by atoms with E-state index >= 15 is 0 Å². The lowest BCUT2D eigenvalue weighted by Gasteiger charge is -2.26. The van der Waals surface area contributed by atoms with Crippen molar-refractivity contribution >= 4 is 11.9 Å². The summed E-state index contributed by atoms with van der Waals surface area (Å²) >= 11 is 0. The number of hydrogen-bond donors (Lipinski definition) is 2. The van der Waals surface area contributed by atoms with Crippen LogP contribution < -0.4 is 5.32 Å². The van der Waals surface area contributed by atoms with Crippen LogP contribution in [0.1, 0.15) is 39.0 Å². The Morgan fingerprint density at radius 3 is 2.41 bits per heavy atom. The van der Waals surface area contributed by atoms with Crippen molar-refractivity contribution in [3.05, 3.63) is 0 Å². The first kappa shape index (κ1) is 12.4. The van der Waals surface area contributed by atoms with Crippen molar-refractivity contribution in [2.45, 2.75) is 39.0 Å². The molecule has 96 valence electrons. The molecule has 0 radical (unpaired) electrons. The second kappa shape index (κ2) is 5.07. The van der Waals surface area contributed by atoms with E-state index in [1.165, 1.54) is 19.3 Å². The third kappa shape index (κ3) is 2.79. The smallest absolute Gasteiger partial charge is 0.307 e. The molecule has 0 aromatic heterocycles. The summed E-state index contributed by atoms with van der Waals surface area (Å²) in [6.07, 6.45) is 5.01. The molecular weight excluding hydrogens is 218 g/mol. The molecule has 2 rings (SSSR count). The van der Waals surface area contributed by atoms with Gasteiger partial charge >= 0.3 is 5.97 Å². The lowest BCUT2D eigenvalue weighted by molar-refractivity contribution is -0.146. The predicted octanol–water partition coefficient (Wildman–Crippen LogP) is 1.65. The van der Waals surface area contributed by atoms with Crippen LogP contribution in [-0.4, -0.2) is 23.5 Å². The van der Waals surface area contributed by atoms with Gasteiger partial charge in [0.25, 0.3) is 0 Å².